The molecular formula is C24H23N5O3. The van der Waals surface area contributed by atoms with Gasteiger partial charge < -0.3 is 14.8 Å². The minimum absolute atomic E-state index is 0.0316. The number of benzene rings is 2. The maximum atomic E-state index is 12.6. The van der Waals surface area contributed by atoms with E-state index in [1.807, 2.05) is 47.4 Å². The standard InChI is InChI=1S/C24H23N5O3/c1-28-23(32)27-22(31)24(28)10-15-7-18-19(8-16(15)11-24)26-21(25-18)17-9-20(30)29(13-17)12-14-5-3-2-4-6-14/h2-8,17H,9-13H2,1H3,(H,25,26)(H,27,31,32). The number of carbonyl (C=O) groups excluding carboxylic acids is 3. The Hall–Kier alpha value is -3.68. The summed E-state index contributed by atoms with van der Waals surface area (Å²) < 4.78 is 0. The number of nitrogens with zero attached hydrogens (tertiary/aromatic N) is 3. The van der Waals surface area contributed by atoms with Crippen molar-refractivity contribution in [3.8, 4) is 0 Å². The summed E-state index contributed by atoms with van der Waals surface area (Å²) in [6, 6.07) is 13.7. The van der Waals surface area contributed by atoms with Crippen LogP contribution in [0.2, 0.25) is 0 Å². The molecular weight excluding hydrogens is 406 g/mol. The second-order valence-corrected chi connectivity index (χ2v) is 9.12. The van der Waals surface area contributed by atoms with Crippen LogP contribution in [-0.4, -0.2) is 56.7 Å². The van der Waals surface area contributed by atoms with Crippen LogP contribution in [0.15, 0.2) is 42.5 Å². The molecule has 0 radical (unpaired) electrons. The molecule has 0 bridgehead atoms. The Morgan fingerprint density at radius 3 is 2.56 bits per heavy atom. The molecule has 1 aromatic heterocycles. The number of H-pyrrole nitrogens is 1. The minimum Gasteiger partial charge on any atom is -0.342 e. The number of carbonyl (C=O) groups is 3. The first-order valence-corrected chi connectivity index (χ1v) is 10.9. The van der Waals surface area contributed by atoms with Crippen LogP contribution < -0.4 is 5.32 Å². The van der Waals surface area contributed by atoms with Crippen molar-refractivity contribution in [2.24, 2.45) is 0 Å². The molecule has 8 nitrogen and oxygen atoms in total. The predicted octanol–water partition coefficient (Wildman–Crippen LogP) is 2.10. The van der Waals surface area contributed by atoms with Crippen LogP contribution in [0.1, 0.15) is 34.9 Å². The third kappa shape index (κ3) is 2.75. The summed E-state index contributed by atoms with van der Waals surface area (Å²) in [6.07, 6.45) is 1.43. The molecule has 3 aromatic rings. The third-order valence-electron chi connectivity index (χ3n) is 7.19. The SMILES string of the molecule is CN1C(=O)NC(=O)C12Cc1cc3nc(C4CC(=O)N(Cc5ccccc5)C4)[nH]c3cc1C2. The number of aromatic amines is 1. The summed E-state index contributed by atoms with van der Waals surface area (Å²) in [5.74, 6) is 0.766. The van der Waals surface area contributed by atoms with Crippen LogP contribution in [-0.2, 0) is 29.0 Å². The molecule has 2 fully saturated rings. The molecule has 2 N–H and O–H groups in total. The second kappa shape index (κ2) is 6.66. The van der Waals surface area contributed by atoms with Crippen molar-refractivity contribution < 1.29 is 14.4 Å². The minimum atomic E-state index is -0.836. The Morgan fingerprint density at radius 1 is 1.09 bits per heavy atom. The number of nitrogens with one attached hydrogen (secondary N) is 2. The first-order valence-electron chi connectivity index (χ1n) is 10.9. The van der Waals surface area contributed by atoms with E-state index in [4.69, 9.17) is 4.98 Å². The van der Waals surface area contributed by atoms with E-state index in [1.54, 1.807) is 7.05 Å². The zero-order valence-corrected chi connectivity index (χ0v) is 17.7. The molecule has 1 spiro atoms. The van der Waals surface area contributed by atoms with E-state index in [1.165, 1.54) is 4.90 Å². The molecule has 3 heterocycles. The number of fused-ring (bicyclic) bond motifs is 2. The van der Waals surface area contributed by atoms with Gasteiger partial charge in [-0.15, -0.1) is 0 Å². The topological polar surface area (TPSA) is 98.4 Å². The number of likely N-dealkylation sites (tertiary alicyclic amines) is 1. The molecule has 32 heavy (non-hydrogen) atoms. The van der Waals surface area contributed by atoms with Gasteiger partial charge in [0, 0.05) is 45.3 Å². The van der Waals surface area contributed by atoms with Crippen molar-refractivity contribution in [1.82, 2.24) is 25.1 Å². The molecule has 2 saturated heterocycles. The zero-order chi connectivity index (χ0) is 22.0. The Bertz CT molecular complexity index is 1240. The highest BCUT2D eigenvalue weighted by molar-refractivity contribution is 6.07. The van der Waals surface area contributed by atoms with Gasteiger partial charge in [0.05, 0.1) is 11.0 Å². The molecule has 162 valence electrons. The van der Waals surface area contributed by atoms with Crippen molar-refractivity contribution in [2.75, 3.05) is 13.6 Å². The molecule has 2 unspecified atom stereocenters. The molecule has 4 amide bonds. The molecule has 2 atom stereocenters. The van der Waals surface area contributed by atoms with Gasteiger partial charge in [0.25, 0.3) is 5.91 Å². The average molecular weight is 429 g/mol. The van der Waals surface area contributed by atoms with E-state index in [0.717, 1.165) is 33.5 Å². The number of hydrogen-bond acceptors (Lipinski definition) is 4. The summed E-state index contributed by atoms with van der Waals surface area (Å²) in [7, 11) is 1.67. The Labute approximate surface area is 184 Å². The highest BCUT2D eigenvalue weighted by Gasteiger charge is 2.54. The smallest absolute Gasteiger partial charge is 0.324 e. The molecule has 8 heteroatoms. The van der Waals surface area contributed by atoms with Gasteiger partial charge in [0.1, 0.15) is 11.4 Å². The van der Waals surface area contributed by atoms with E-state index >= 15 is 0 Å². The molecule has 1 aliphatic carbocycles. The van der Waals surface area contributed by atoms with Crippen LogP contribution >= 0.6 is 0 Å². The second-order valence-electron chi connectivity index (χ2n) is 9.12. The van der Waals surface area contributed by atoms with E-state index < -0.39 is 5.54 Å². The maximum absolute atomic E-state index is 12.6. The summed E-state index contributed by atoms with van der Waals surface area (Å²) in [4.78, 5) is 48.7. The van der Waals surface area contributed by atoms with E-state index in [0.29, 0.717) is 32.4 Å². The lowest BCUT2D eigenvalue weighted by Crippen LogP contribution is -2.48. The van der Waals surface area contributed by atoms with Gasteiger partial charge in [-0.25, -0.2) is 9.78 Å². The molecule has 2 aliphatic heterocycles. The number of likely N-dealkylation sites (N-methyl/N-ethyl adjacent to an activating group) is 1. The number of imidazole rings is 1. The molecule has 3 aliphatic rings. The number of urea groups is 1. The summed E-state index contributed by atoms with van der Waals surface area (Å²) in [5.41, 5.74) is 4.11. The van der Waals surface area contributed by atoms with Gasteiger partial charge in [-0.2, -0.15) is 0 Å². The van der Waals surface area contributed by atoms with Crippen LogP contribution in [0.25, 0.3) is 11.0 Å². The van der Waals surface area contributed by atoms with Gasteiger partial charge in [-0.05, 0) is 28.8 Å². The van der Waals surface area contributed by atoms with Gasteiger partial charge in [0.2, 0.25) is 5.91 Å². The van der Waals surface area contributed by atoms with Crippen molar-refractivity contribution in [1.29, 1.82) is 0 Å². The first kappa shape index (κ1) is 19.0. The monoisotopic (exact) mass is 429 g/mol. The normalized spacial score (nSPS) is 21.8. The third-order valence-corrected chi connectivity index (χ3v) is 7.19. The first-order chi connectivity index (χ1) is 15.4. The van der Waals surface area contributed by atoms with Gasteiger partial charge in [-0.3, -0.25) is 14.9 Å². The summed E-state index contributed by atoms with van der Waals surface area (Å²) >= 11 is 0. The Kier molecular flexibility index (Phi) is 3.96. The number of amides is 4. The number of aromatic nitrogens is 2. The van der Waals surface area contributed by atoms with E-state index in [2.05, 4.69) is 10.3 Å². The molecule has 2 aromatic carbocycles. The molecule has 0 saturated carbocycles. The van der Waals surface area contributed by atoms with Crippen molar-refractivity contribution >= 4 is 28.9 Å². The lowest BCUT2D eigenvalue weighted by atomic mass is 9.95. The van der Waals surface area contributed by atoms with Crippen molar-refractivity contribution in [2.45, 2.75) is 37.3 Å². The number of hydrogen-bond donors (Lipinski definition) is 2. The van der Waals surface area contributed by atoms with Crippen molar-refractivity contribution in [3.05, 3.63) is 65.0 Å². The van der Waals surface area contributed by atoms with E-state index in [9.17, 15) is 14.4 Å². The number of rotatable bonds is 3. The summed E-state index contributed by atoms with van der Waals surface area (Å²) in [5, 5.41) is 2.43. The van der Waals surface area contributed by atoms with Gasteiger partial charge in [0.15, 0.2) is 0 Å². The Morgan fingerprint density at radius 2 is 1.84 bits per heavy atom. The zero-order valence-electron chi connectivity index (χ0n) is 17.7. The number of imide groups is 1. The van der Waals surface area contributed by atoms with Crippen molar-refractivity contribution in [3.63, 3.8) is 0 Å². The lowest BCUT2D eigenvalue weighted by molar-refractivity contribution is -0.128. The van der Waals surface area contributed by atoms with Crippen LogP contribution in [0.5, 0.6) is 0 Å². The van der Waals surface area contributed by atoms with Crippen LogP contribution in [0.3, 0.4) is 0 Å². The predicted molar refractivity (Wildman–Crippen MR) is 117 cm³/mol. The lowest BCUT2D eigenvalue weighted by Gasteiger charge is -2.27. The fraction of sp³-hybridized carbons (Fsp3) is 0.333. The highest BCUT2D eigenvalue weighted by atomic mass is 16.2. The maximum Gasteiger partial charge on any atom is 0.324 e. The highest BCUT2D eigenvalue weighted by Crippen LogP contribution is 2.39. The van der Waals surface area contributed by atoms with Gasteiger partial charge >= 0.3 is 6.03 Å². The Balaban J connectivity index is 1.24. The molecule has 6 rings (SSSR count). The fourth-order valence-electron chi connectivity index (χ4n) is 5.33. The van der Waals surface area contributed by atoms with E-state index in [-0.39, 0.29) is 23.8 Å². The largest absolute Gasteiger partial charge is 0.342 e. The van der Waals surface area contributed by atoms with Crippen LogP contribution in [0.4, 0.5) is 4.79 Å². The quantitative estimate of drug-likeness (QED) is 0.623. The fourth-order valence-corrected chi connectivity index (χ4v) is 5.33. The average Bonchev–Trinajstić information content (AvgIpc) is 3.50. The van der Waals surface area contributed by atoms with Crippen LogP contribution in [0, 0.1) is 0 Å². The van der Waals surface area contributed by atoms with Gasteiger partial charge in [-0.1, -0.05) is 30.3 Å². The summed E-state index contributed by atoms with van der Waals surface area (Å²) in [6.45, 7) is 1.25.